The van der Waals surface area contributed by atoms with Crippen LogP contribution in [0.15, 0.2) is 30.3 Å². The van der Waals surface area contributed by atoms with Gasteiger partial charge in [-0.1, -0.05) is 37.3 Å². The second-order valence-electron chi connectivity index (χ2n) is 5.64. The second-order valence-corrected chi connectivity index (χ2v) is 5.64. The molecule has 0 radical (unpaired) electrons. The summed E-state index contributed by atoms with van der Waals surface area (Å²) in [6, 6.07) is 9.81. The summed E-state index contributed by atoms with van der Waals surface area (Å²) in [5, 5.41) is 2.96. The van der Waals surface area contributed by atoms with Crippen molar-refractivity contribution in [2.24, 2.45) is 11.1 Å². The van der Waals surface area contributed by atoms with Crippen molar-refractivity contribution in [3.8, 4) is 0 Å². The van der Waals surface area contributed by atoms with Gasteiger partial charge in [-0.25, -0.2) is 0 Å². The third-order valence-electron chi connectivity index (χ3n) is 3.52. The molecule has 0 aromatic heterocycles. The quantitative estimate of drug-likeness (QED) is 0.819. The number of carbonyl (C=O) groups is 1. The van der Waals surface area contributed by atoms with Gasteiger partial charge in [0, 0.05) is 24.4 Å². The van der Waals surface area contributed by atoms with Crippen molar-refractivity contribution in [1.29, 1.82) is 0 Å². The van der Waals surface area contributed by atoms with Crippen LogP contribution in [0.1, 0.15) is 31.4 Å². The zero-order valence-electron chi connectivity index (χ0n) is 11.4. The molecule has 0 bridgehead atoms. The summed E-state index contributed by atoms with van der Waals surface area (Å²) in [7, 11) is 0. The molecule has 1 atom stereocenters. The molecule has 4 nitrogen and oxygen atoms in total. The molecule has 1 unspecified atom stereocenters. The summed E-state index contributed by atoms with van der Waals surface area (Å²) >= 11 is 0. The second kappa shape index (κ2) is 6.17. The van der Waals surface area contributed by atoms with Gasteiger partial charge in [0.05, 0.1) is 13.2 Å². The normalized spacial score (nSPS) is 18.4. The highest BCUT2D eigenvalue weighted by atomic mass is 16.5. The molecular weight excluding hydrogens is 240 g/mol. The Morgan fingerprint density at radius 2 is 2.11 bits per heavy atom. The van der Waals surface area contributed by atoms with Gasteiger partial charge in [-0.2, -0.15) is 0 Å². The van der Waals surface area contributed by atoms with E-state index >= 15 is 0 Å². The van der Waals surface area contributed by atoms with Crippen molar-refractivity contribution >= 4 is 5.91 Å². The first-order chi connectivity index (χ1) is 9.09. The minimum Gasteiger partial charge on any atom is -0.380 e. The van der Waals surface area contributed by atoms with Crippen LogP contribution in [0.5, 0.6) is 0 Å². The number of hydrogen-bond acceptors (Lipinski definition) is 3. The van der Waals surface area contributed by atoms with E-state index in [4.69, 9.17) is 10.5 Å². The number of rotatable bonds is 6. The van der Waals surface area contributed by atoms with Gasteiger partial charge in [-0.3, -0.25) is 4.79 Å². The van der Waals surface area contributed by atoms with Gasteiger partial charge < -0.3 is 15.8 Å². The van der Waals surface area contributed by atoms with Crippen LogP contribution >= 0.6 is 0 Å². The van der Waals surface area contributed by atoms with Crippen molar-refractivity contribution < 1.29 is 9.53 Å². The molecular formula is C15H22N2O2. The fourth-order valence-electron chi connectivity index (χ4n) is 2.11. The van der Waals surface area contributed by atoms with Gasteiger partial charge in [0.2, 0.25) is 5.91 Å². The summed E-state index contributed by atoms with van der Waals surface area (Å²) in [6.45, 7) is 4.27. The van der Waals surface area contributed by atoms with Gasteiger partial charge in [0.1, 0.15) is 0 Å². The number of amides is 1. The largest absolute Gasteiger partial charge is 0.380 e. The monoisotopic (exact) mass is 262 g/mol. The van der Waals surface area contributed by atoms with Gasteiger partial charge in [0.15, 0.2) is 0 Å². The molecule has 1 heterocycles. The maximum Gasteiger partial charge on any atom is 0.220 e. The molecule has 104 valence electrons. The summed E-state index contributed by atoms with van der Waals surface area (Å²) < 4.78 is 5.15. The van der Waals surface area contributed by atoms with Crippen molar-refractivity contribution in [3.05, 3.63) is 35.9 Å². The molecule has 2 rings (SSSR count). The highest BCUT2D eigenvalue weighted by molar-refractivity contribution is 5.75. The number of nitrogens with one attached hydrogen (secondary N) is 1. The van der Waals surface area contributed by atoms with E-state index in [0.717, 1.165) is 18.8 Å². The molecule has 4 heteroatoms. The Balaban J connectivity index is 1.68. The SMILES string of the molecule is CC1(CNC(=O)CCC(N)c2ccccc2)COC1. The van der Waals surface area contributed by atoms with Crippen molar-refractivity contribution in [2.75, 3.05) is 19.8 Å². The highest BCUT2D eigenvalue weighted by Gasteiger charge is 2.33. The number of hydrogen-bond donors (Lipinski definition) is 2. The summed E-state index contributed by atoms with van der Waals surface area (Å²) in [5.74, 6) is 0.0690. The van der Waals surface area contributed by atoms with Gasteiger partial charge in [0.25, 0.3) is 0 Å². The van der Waals surface area contributed by atoms with E-state index in [2.05, 4.69) is 12.2 Å². The van der Waals surface area contributed by atoms with E-state index in [-0.39, 0.29) is 17.4 Å². The Morgan fingerprint density at radius 1 is 1.42 bits per heavy atom. The average Bonchev–Trinajstić information content (AvgIpc) is 2.41. The van der Waals surface area contributed by atoms with Crippen LogP contribution < -0.4 is 11.1 Å². The molecule has 1 fully saturated rings. The third-order valence-corrected chi connectivity index (χ3v) is 3.52. The fourth-order valence-corrected chi connectivity index (χ4v) is 2.11. The number of carbonyl (C=O) groups excluding carboxylic acids is 1. The lowest BCUT2D eigenvalue weighted by Gasteiger charge is -2.38. The maximum absolute atomic E-state index is 11.8. The Hall–Kier alpha value is -1.39. The van der Waals surface area contributed by atoms with Crippen LogP contribution in [-0.4, -0.2) is 25.7 Å². The minimum atomic E-state index is -0.0745. The lowest BCUT2D eigenvalue weighted by atomic mass is 9.88. The number of nitrogens with two attached hydrogens (primary N) is 1. The van der Waals surface area contributed by atoms with Crippen LogP contribution in [0.25, 0.3) is 0 Å². The first-order valence-corrected chi connectivity index (χ1v) is 6.74. The van der Waals surface area contributed by atoms with Gasteiger partial charge in [-0.05, 0) is 12.0 Å². The van der Waals surface area contributed by atoms with E-state index in [1.165, 1.54) is 0 Å². The third kappa shape index (κ3) is 4.04. The topological polar surface area (TPSA) is 64.4 Å². The molecule has 1 aliphatic heterocycles. The molecule has 3 N–H and O–H groups in total. The van der Waals surface area contributed by atoms with Crippen LogP contribution in [0, 0.1) is 5.41 Å². The van der Waals surface area contributed by atoms with Crippen LogP contribution in [0.3, 0.4) is 0 Å². The van der Waals surface area contributed by atoms with Crippen LogP contribution in [0.2, 0.25) is 0 Å². The Bertz CT molecular complexity index is 415. The first-order valence-electron chi connectivity index (χ1n) is 6.74. The molecule has 0 aliphatic carbocycles. The molecule has 1 aromatic carbocycles. The zero-order valence-corrected chi connectivity index (χ0v) is 11.4. The predicted octanol–water partition coefficient (Wildman–Crippen LogP) is 1.62. The van der Waals surface area contributed by atoms with Crippen molar-refractivity contribution in [1.82, 2.24) is 5.32 Å². The highest BCUT2D eigenvalue weighted by Crippen LogP contribution is 2.25. The Kier molecular flexibility index (Phi) is 4.56. The van der Waals surface area contributed by atoms with Gasteiger partial charge >= 0.3 is 0 Å². The zero-order chi connectivity index (χ0) is 13.7. The minimum absolute atomic E-state index is 0.0690. The number of ether oxygens (including phenoxy) is 1. The Labute approximate surface area is 114 Å². The standard InChI is InChI=1S/C15H22N2O2/c1-15(10-19-11-15)9-17-14(18)8-7-13(16)12-5-3-2-4-6-12/h2-6,13H,7-11,16H2,1H3,(H,17,18). The summed E-state index contributed by atoms with van der Waals surface area (Å²) in [5.41, 5.74) is 7.26. The summed E-state index contributed by atoms with van der Waals surface area (Å²) in [4.78, 5) is 11.8. The van der Waals surface area contributed by atoms with E-state index in [1.807, 2.05) is 30.3 Å². The molecule has 1 aromatic rings. The molecule has 1 aliphatic rings. The molecule has 0 spiro atoms. The van der Waals surface area contributed by atoms with Crippen LogP contribution in [0.4, 0.5) is 0 Å². The van der Waals surface area contributed by atoms with E-state index in [9.17, 15) is 4.79 Å². The van der Waals surface area contributed by atoms with Gasteiger partial charge in [-0.15, -0.1) is 0 Å². The van der Waals surface area contributed by atoms with E-state index in [0.29, 0.717) is 19.4 Å². The number of benzene rings is 1. The fraction of sp³-hybridized carbons (Fsp3) is 0.533. The molecule has 0 saturated carbocycles. The predicted molar refractivity (Wildman–Crippen MR) is 74.5 cm³/mol. The van der Waals surface area contributed by atoms with Crippen molar-refractivity contribution in [2.45, 2.75) is 25.8 Å². The van der Waals surface area contributed by atoms with Crippen LogP contribution in [-0.2, 0) is 9.53 Å². The first kappa shape index (κ1) is 14.0. The van der Waals surface area contributed by atoms with E-state index < -0.39 is 0 Å². The molecule has 1 saturated heterocycles. The lowest BCUT2D eigenvalue weighted by molar-refractivity contribution is -0.126. The smallest absolute Gasteiger partial charge is 0.220 e. The Morgan fingerprint density at radius 3 is 2.68 bits per heavy atom. The van der Waals surface area contributed by atoms with Crippen molar-refractivity contribution in [3.63, 3.8) is 0 Å². The molecule has 19 heavy (non-hydrogen) atoms. The summed E-state index contributed by atoms with van der Waals surface area (Å²) in [6.07, 6.45) is 1.13. The van der Waals surface area contributed by atoms with E-state index in [1.54, 1.807) is 0 Å². The lowest BCUT2D eigenvalue weighted by Crippen LogP contribution is -2.48. The average molecular weight is 262 g/mol. The maximum atomic E-state index is 11.8. The molecule has 1 amide bonds.